The average Bonchev–Trinajstić information content (AvgIpc) is 2.87. The molecular weight excluding hydrogens is 474 g/mol. The van der Waals surface area contributed by atoms with E-state index in [2.05, 4.69) is 26.0 Å². The second kappa shape index (κ2) is 8.57. The molecule has 0 aromatic heterocycles. The fraction of sp³-hybridized carbons (Fsp3) is 0.250. The van der Waals surface area contributed by atoms with Crippen molar-refractivity contribution in [2.45, 2.75) is 19.8 Å². The van der Waals surface area contributed by atoms with E-state index in [1.807, 2.05) is 0 Å². The van der Waals surface area contributed by atoms with Gasteiger partial charge < -0.3 is 5.32 Å². The predicted octanol–water partition coefficient (Wildman–Crippen LogP) is 3.14. The van der Waals surface area contributed by atoms with E-state index in [4.69, 9.17) is 0 Å². The summed E-state index contributed by atoms with van der Waals surface area (Å²) < 4.78 is 26.0. The highest BCUT2D eigenvalue weighted by Crippen LogP contribution is 2.26. The number of anilines is 2. The molecule has 0 aliphatic carbocycles. The van der Waals surface area contributed by atoms with Crippen LogP contribution in [0.5, 0.6) is 0 Å². The highest BCUT2D eigenvalue weighted by atomic mass is 79.9. The summed E-state index contributed by atoms with van der Waals surface area (Å²) in [6.45, 7) is 1.88. The molecular formula is C20H20BrN3O5S. The van der Waals surface area contributed by atoms with Crippen LogP contribution >= 0.6 is 15.9 Å². The Morgan fingerprint density at radius 1 is 1.07 bits per heavy atom. The summed E-state index contributed by atoms with van der Waals surface area (Å²) in [5.74, 6) is -1.03. The summed E-state index contributed by atoms with van der Waals surface area (Å²) in [7, 11) is -3.44. The Labute approximate surface area is 182 Å². The van der Waals surface area contributed by atoms with Gasteiger partial charge in [-0.3, -0.25) is 24.0 Å². The number of nitrogens with zero attached hydrogens (tertiary/aromatic N) is 1. The lowest BCUT2D eigenvalue weighted by Gasteiger charge is -2.14. The summed E-state index contributed by atoms with van der Waals surface area (Å²) in [5, 5.41) is 2.70. The number of carbonyl (C=O) groups excluding carboxylic acids is 3. The normalized spacial score (nSPS) is 13.4. The molecule has 1 aliphatic heterocycles. The van der Waals surface area contributed by atoms with E-state index in [9.17, 15) is 22.8 Å². The van der Waals surface area contributed by atoms with Gasteiger partial charge in [-0.2, -0.15) is 0 Å². The van der Waals surface area contributed by atoms with Crippen molar-refractivity contribution in [2.24, 2.45) is 0 Å². The van der Waals surface area contributed by atoms with E-state index < -0.39 is 10.0 Å². The smallest absolute Gasteiger partial charge is 0.261 e. The van der Waals surface area contributed by atoms with Gasteiger partial charge in [-0.05, 0) is 49.2 Å². The van der Waals surface area contributed by atoms with Gasteiger partial charge in [-0.25, -0.2) is 8.42 Å². The van der Waals surface area contributed by atoms with Crippen molar-refractivity contribution >= 4 is 55.0 Å². The van der Waals surface area contributed by atoms with Crippen molar-refractivity contribution in [3.8, 4) is 0 Å². The van der Waals surface area contributed by atoms with Gasteiger partial charge in [0.25, 0.3) is 11.8 Å². The van der Waals surface area contributed by atoms with E-state index >= 15 is 0 Å². The van der Waals surface area contributed by atoms with Crippen LogP contribution in [0.15, 0.2) is 40.9 Å². The number of sulfonamides is 1. The molecule has 2 aromatic rings. The van der Waals surface area contributed by atoms with Gasteiger partial charge >= 0.3 is 0 Å². The van der Waals surface area contributed by atoms with Gasteiger partial charge in [-0.15, -0.1) is 0 Å². The highest BCUT2D eigenvalue weighted by molar-refractivity contribution is 9.10. The van der Waals surface area contributed by atoms with Crippen molar-refractivity contribution in [3.05, 3.63) is 57.6 Å². The van der Waals surface area contributed by atoms with Gasteiger partial charge in [-0.1, -0.05) is 22.0 Å². The van der Waals surface area contributed by atoms with Gasteiger partial charge in [0.2, 0.25) is 15.9 Å². The Hall–Kier alpha value is -2.72. The first-order valence-corrected chi connectivity index (χ1v) is 11.8. The van der Waals surface area contributed by atoms with Crippen LogP contribution in [0.3, 0.4) is 0 Å². The molecule has 158 valence electrons. The number of hydrogen-bond acceptors (Lipinski definition) is 5. The van der Waals surface area contributed by atoms with Gasteiger partial charge in [0.1, 0.15) is 0 Å². The number of fused-ring (bicyclic) bond motifs is 1. The molecule has 2 aromatic carbocycles. The Morgan fingerprint density at radius 3 is 2.47 bits per heavy atom. The molecule has 0 fully saturated rings. The number of rotatable bonds is 7. The van der Waals surface area contributed by atoms with Crippen LogP contribution in [-0.2, 0) is 14.8 Å². The molecule has 2 N–H and O–H groups in total. The molecule has 0 spiro atoms. The Kier molecular flexibility index (Phi) is 6.27. The molecule has 0 radical (unpaired) electrons. The number of aryl methyl sites for hydroxylation is 1. The predicted molar refractivity (Wildman–Crippen MR) is 117 cm³/mol. The fourth-order valence-electron chi connectivity index (χ4n) is 3.10. The standard InChI is InChI=1S/C20H20BrN3O5S/c1-12-5-7-14(11-17(12)23-30(2,28)29)22-18(25)4-3-9-24-19(26)15-8-6-13(21)10-16(15)20(24)27/h5-8,10-11,23H,3-4,9H2,1-2H3,(H,22,25). The average molecular weight is 494 g/mol. The number of imide groups is 1. The van der Waals surface area contributed by atoms with Gasteiger partial charge in [0, 0.05) is 23.1 Å². The topological polar surface area (TPSA) is 113 Å². The largest absolute Gasteiger partial charge is 0.326 e. The van der Waals surface area contributed by atoms with E-state index in [-0.39, 0.29) is 30.7 Å². The number of halogens is 1. The zero-order valence-corrected chi connectivity index (χ0v) is 18.8. The molecule has 0 atom stereocenters. The lowest BCUT2D eigenvalue weighted by atomic mass is 10.1. The number of amides is 3. The summed E-state index contributed by atoms with van der Waals surface area (Å²) in [6, 6.07) is 9.82. The Bertz CT molecular complexity index is 1150. The Morgan fingerprint density at radius 2 is 1.77 bits per heavy atom. The van der Waals surface area contributed by atoms with Crippen LogP contribution in [0.25, 0.3) is 0 Å². The van der Waals surface area contributed by atoms with Crippen molar-refractivity contribution < 1.29 is 22.8 Å². The van der Waals surface area contributed by atoms with Crippen LogP contribution in [0.2, 0.25) is 0 Å². The third-order valence-corrected chi connectivity index (χ3v) is 5.62. The Balaban J connectivity index is 1.57. The minimum atomic E-state index is -3.44. The fourth-order valence-corrected chi connectivity index (χ4v) is 4.08. The molecule has 0 saturated carbocycles. The molecule has 8 nitrogen and oxygen atoms in total. The second-order valence-corrected chi connectivity index (χ2v) is 9.67. The quantitative estimate of drug-likeness (QED) is 0.575. The number of hydrogen-bond donors (Lipinski definition) is 2. The summed E-state index contributed by atoms with van der Waals surface area (Å²) in [4.78, 5) is 38.2. The maximum Gasteiger partial charge on any atom is 0.261 e. The molecule has 0 bridgehead atoms. The number of benzene rings is 2. The minimum absolute atomic E-state index is 0.0970. The monoisotopic (exact) mass is 493 g/mol. The number of carbonyl (C=O) groups is 3. The first kappa shape index (κ1) is 22.0. The van der Waals surface area contributed by atoms with Crippen molar-refractivity contribution in [1.82, 2.24) is 4.90 Å². The third-order valence-electron chi connectivity index (χ3n) is 4.53. The maximum atomic E-state index is 12.4. The van der Waals surface area contributed by atoms with Crippen LogP contribution in [-0.4, -0.2) is 43.8 Å². The second-order valence-electron chi connectivity index (χ2n) is 7.01. The van der Waals surface area contributed by atoms with E-state index in [1.165, 1.54) is 6.07 Å². The zero-order valence-electron chi connectivity index (χ0n) is 16.4. The zero-order chi connectivity index (χ0) is 22.1. The first-order valence-electron chi connectivity index (χ1n) is 9.09. The molecule has 0 saturated heterocycles. The van der Waals surface area contributed by atoms with Crippen LogP contribution in [0.1, 0.15) is 39.1 Å². The van der Waals surface area contributed by atoms with Crippen LogP contribution < -0.4 is 10.0 Å². The molecule has 30 heavy (non-hydrogen) atoms. The third kappa shape index (κ3) is 5.06. The van der Waals surface area contributed by atoms with E-state index in [0.29, 0.717) is 33.4 Å². The highest BCUT2D eigenvalue weighted by Gasteiger charge is 2.35. The lowest BCUT2D eigenvalue weighted by molar-refractivity contribution is -0.116. The molecule has 3 rings (SSSR count). The molecule has 10 heteroatoms. The van der Waals surface area contributed by atoms with Crippen LogP contribution in [0.4, 0.5) is 11.4 Å². The molecule has 1 heterocycles. The first-order chi connectivity index (χ1) is 14.0. The maximum absolute atomic E-state index is 12.4. The van der Waals surface area contributed by atoms with Crippen LogP contribution in [0, 0.1) is 6.92 Å². The van der Waals surface area contributed by atoms with E-state index in [0.717, 1.165) is 16.7 Å². The van der Waals surface area contributed by atoms with Gasteiger partial charge in [0.05, 0.1) is 23.1 Å². The molecule has 3 amide bonds. The van der Waals surface area contributed by atoms with Gasteiger partial charge in [0.15, 0.2) is 0 Å². The number of nitrogens with one attached hydrogen (secondary N) is 2. The summed E-state index contributed by atoms with van der Waals surface area (Å²) >= 11 is 3.29. The molecule has 0 unspecified atom stereocenters. The van der Waals surface area contributed by atoms with Crippen molar-refractivity contribution in [3.63, 3.8) is 0 Å². The summed E-state index contributed by atoms with van der Waals surface area (Å²) in [5.41, 5.74) is 2.26. The SMILES string of the molecule is Cc1ccc(NC(=O)CCCN2C(=O)c3ccc(Br)cc3C2=O)cc1NS(C)(=O)=O. The molecule has 1 aliphatic rings. The lowest BCUT2D eigenvalue weighted by Crippen LogP contribution is -2.31. The van der Waals surface area contributed by atoms with E-state index in [1.54, 1.807) is 37.3 Å². The summed E-state index contributed by atoms with van der Waals surface area (Å²) in [6.07, 6.45) is 1.45. The van der Waals surface area contributed by atoms with Crippen molar-refractivity contribution in [2.75, 3.05) is 22.8 Å². The van der Waals surface area contributed by atoms with Crippen molar-refractivity contribution in [1.29, 1.82) is 0 Å². The minimum Gasteiger partial charge on any atom is -0.326 e.